The van der Waals surface area contributed by atoms with Crippen LogP contribution >= 0.6 is 0 Å². The van der Waals surface area contributed by atoms with Crippen LogP contribution in [0.5, 0.6) is 0 Å². The molecule has 21 heavy (non-hydrogen) atoms. The fraction of sp³-hybridized carbons (Fsp3) is 0.588. The standard InChI is InChI=1S/C17H25N3O/c1-14-5-4-9-20(12-14)17(21)13-19-10-8-18-11-15-6-2-3-7-16(15)19/h2-3,6-7,14,18H,4-5,8-13H2,1H3. The molecule has 2 aliphatic rings. The van der Waals surface area contributed by atoms with Gasteiger partial charge in [-0.05, 0) is 30.4 Å². The minimum atomic E-state index is 0.276. The Bertz CT molecular complexity index is 503. The van der Waals surface area contributed by atoms with Gasteiger partial charge in [0.15, 0.2) is 0 Å². The Morgan fingerprint density at radius 3 is 3.05 bits per heavy atom. The quantitative estimate of drug-likeness (QED) is 0.902. The van der Waals surface area contributed by atoms with Crippen molar-refractivity contribution in [2.24, 2.45) is 5.92 Å². The van der Waals surface area contributed by atoms with Gasteiger partial charge < -0.3 is 15.1 Å². The van der Waals surface area contributed by atoms with Crippen LogP contribution < -0.4 is 10.2 Å². The van der Waals surface area contributed by atoms with Crippen LogP contribution in [-0.2, 0) is 11.3 Å². The van der Waals surface area contributed by atoms with Crippen molar-refractivity contribution >= 4 is 11.6 Å². The molecule has 0 saturated carbocycles. The smallest absolute Gasteiger partial charge is 0.242 e. The predicted octanol–water partition coefficient (Wildman–Crippen LogP) is 1.85. The molecule has 0 aromatic heterocycles. The fourth-order valence-electron chi connectivity index (χ4n) is 3.37. The average Bonchev–Trinajstić information content (AvgIpc) is 2.70. The van der Waals surface area contributed by atoms with Gasteiger partial charge in [-0.2, -0.15) is 0 Å². The molecule has 3 rings (SSSR count). The first-order chi connectivity index (χ1) is 10.2. The Balaban J connectivity index is 1.70. The number of benzene rings is 1. The summed E-state index contributed by atoms with van der Waals surface area (Å²) < 4.78 is 0. The van der Waals surface area contributed by atoms with E-state index in [-0.39, 0.29) is 5.91 Å². The summed E-state index contributed by atoms with van der Waals surface area (Å²) in [7, 11) is 0. The second kappa shape index (κ2) is 6.48. The lowest BCUT2D eigenvalue weighted by atomic mass is 10.0. The van der Waals surface area contributed by atoms with Gasteiger partial charge in [-0.15, -0.1) is 0 Å². The molecule has 1 aromatic rings. The number of nitrogens with one attached hydrogen (secondary N) is 1. The number of hydrogen-bond acceptors (Lipinski definition) is 3. The van der Waals surface area contributed by atoms with E-state index in [9.17, 15) is 4.79 Å². The summed E-state index contributed by atoms with van der Waals surface area (Å²) in [5.41, 5.74) is 2.50. The van der Waals surface area contributed by atoms with Gasteiger partial charge in [0.05, 0.1) is 6.54 Å². The topological polar surface area (TPSA) is 35.6 Å². The van der Waals surface area contributed by atoms with Gasteiger partial charge in [0.2, 0.25) is 5.91 Å². The first kappa shape index (κ1) is 14.4. The lowest BCUT2D eigenvalue weighted by Gasteiger charge is -2.33. The summed E-state index contributed by atoms with van der Waals surface area (Å²) >= 11 is 0. The van der Waals surface area contributed by atoms with Gasteiger partial charge in [0, 0.05) is 38.4 Å². The van der Waals surface area contributed by atoms with Crippen molar-refractivity contribution in [2.75, 3.05) is 37.6 Å². The van der Waals surface area contributed by atoms with Crippen LogP contribution in [0.25, 0.3) is 0 Å². The Morgan fingerprint density at radius 1 is 1.33 bits per heavy atom. The van der Waals surface area contributed by atoms with Gasteiger partial charge in [0.25, 0.3) is 0 Å². The molecule has 1 atom stereocenters. The molecule has 1 aromatic carbocycles. The molecular weight excluding hydrogens is 262 g/mol. The zero-order valence-electron chi connectivity index (χ0n) is 12.8. The average molecular weight is 287 g/mol. The number of carbonyl (C=O) groups excluding carboxylic acids is 1. The normalized spacial score (nSPS) is 22.6. The lowest BCUT2D eigenvalue weighted by Crippen LogP contribution is -2.45. The van der Waals surface area contributed by atoms with Crippen LogP contribution in [0.2, 0.25) is 0 Å². The molecule has 4 heteroatoms. The van der Waals surface area contributed by atoms with E-state index in [4.69, 9.17) is 0 Å². The van der Waals surface area contributed by atoms with Crippen molar-refractivity contribution in [1.82, 2.24) is 10.2 Å². The highest BCUT2D eigenvalue weighted by atomic mass is 16.2. The zero-order chi connectivity index (χ0) is 14.7. The highest BCUT2D eigenvalue weighted by Crippen LogP contribution is 2.22. The zero-order valence-corrected chi connectivity index (χ0v) is 12.8. The maximum Gasteiger partial charge on any atom is 0.242 e. The number of fused-ring (bicyclic) bond motifs is 1. The first-order valence-electron chi connectivity index (χ1n) is 8.05. The molecule has 1 unspecified atom stereocenters. The van der Waals surface area contributed by atoms with Gasteiger partial charge in [-0.3, -0.25) is 4.79 Å². The highest BCUT2D eigenvalue weighted by molar-refractivity contribution is 5.82. The molecule has 1 amide bonds. The SMILES string of the molecule is CC1CCCN(C(=O)CN2CCNCc3ccccc32)C1. The van der Waals surface area contributed by atoms with E-state index in [1.165, 1.54) is 17.7 Å². The molecule has 0 aliphatic carbocycles. The summed E-state index contributed by atoms with van der Waals surface area (Å²) in [4.78, 5) is 16.9. The van der Waals surface area contributed by atoms with Crippen molar-refractivity contribution in [3.05, 3.63) is 29.8 Å². The van der Waals surface area contributed by atoms with Crippen LogP contribution in [0.4, 0.5) is 5.69 Å². The Morgan fingerprint density at radius 2 is 2.19 bits per heavy atom. The maximum atomic E-state index is 12.6. The Labute approximate surface area is 127 Å². The van der Waals surface area contributed by atoms with Crippen molar-refractivity contribution in [3.63, 3.8) is 0 Å². The fourth-order valence-corrected chi connectivity index (χ4v) is 3.37. The van der Waals surface area contributed by atoms with Crippen LogP contribution in [0, 0.1) is 5.92 Å². The minimum Gasteiger partial charge on any atom is -0.361 e. The van der Waals surface area contributed by atoms with E-state index in [1.54, 1.807) is 0 Å². The molecule has 2 heterocycles. The second-order valence-electron chi connectivity index (χ2n) is 6.31. The summed E-state index contributed by atoms with van der Waals surface area (Å²) in [6.07, 6.45) is 2.39. The van der Waals surface area contributed by atoms with Crippen LogP contribution in [0.3, 0.4) is 0 Å². The molecule has 4 nitrogen and oxygen atoms in total. The molecule has 0 radical (unpaired) electrons. The van der Waals surface area contributed by atoms with E-state index in [1.807, 2.05) is 0 Å². The largest absolute Gasteiger partial charge is 0.361 e. The number of carbonyl (C=O) groups is 1. The molecule has 2 aliphatic heterocycles. The third-order valence-electron chi connectivity index (χ3n) is 4.54. The number of rotatable bonds is 2. The number of likely N-dealkylation sites (tertiary alicyclic amines) is 1. The van der Waals surface area contributed by atoms with Crippen LogP contribution in [0.1, 0.15) is 25.3 Å². The van der Waals surface area contributed by atoms with E-state index in [0.29, 0.717) is 12.5 Å². The van der Waals surface area contributed by atoms with Crippen LogP contribution in [-0.4, -0.2) is 43.5 Å². The lowest BCUT2D eigenvalue weighted by molar-refractivity contribution is -0.131. The molecule has 114 valence electrons. The van der Waals surface area contributed by atoms with E-state index in [0.717, 1.165) is 39.1 Å². The van der Waals surface area contributed by atoms with E-state index >= 15 is 0 Å². The maximum absolute atomic E-state index is 12.6. The second-order valence-corrected chi connectivity index (χ2v) is 6.31. The predicted molar refractivity (Wildman–Crippen MR) is 85.3 cm³/mol. The van der Waals surface area contributed by atoms with Gasteiger partial charge in [-0.1, -0.05) is 25.1 Å². The molecule has 0 spiro atoms. The molecule has 1 N–H and O–H groups in total. The number of piperidine rings is 1. The van der Waals surface area contributed by atoms with Crippen LogP contribution in [0.15, 0.2) is 24.3 Å². The van der Waals surface area contributed by atoms with Crippen molar-refractivity contribution in [1.29, 1.82) is 0 Å². The number of nitrogens with zero attached hydrogens (tertiary/aromatic N) is 2. The number of anilines is 1. The Kier molecular flexibility index (Phi) is 4.44. The van der Waals surface area contributed by atoms with Crippen molar-refractivity contribution in [3.8, 4) is 0 Å². The number of para-hydroxylation sites is 1. The van der Waals surface area contributed by atoms with Gasteiger partial charge >= 0.3 is 0 Å². The summed E-state index contributed by atoms with van der Waals surface area (Å²) in [6.45, 7) is 7.31. The first-order valence-corrected chi connectivity index (χ1v) is 8.05. The van der Waals surface area contributed by atoms with Gasteiger partial charge in [-0.25, -0.2) is 0 Å². The molecule has 1 fully saturated rings. The highest BCUT2D eigenvalue weighted by Gasteiger charge is 2.24. The number of amides is 1. The minimum absolute atomic E-state index is 0.276. The summed E-state index contributed by atoms with van der Waals surface area (Å²) in [5, 5.41) is 3.43. The van der Waals surface area contributed by atoms with Gasteiger partial charge in [0.1, 0.15) is 0 Å². The summed E-state index contributed by atoms with van der Waals surface area (Å²) in [5.74, 6) is 0.916. The van der Waals surface area contributed by atoms with E-state index in [2.05, 4.69) is 46.3 Å². The van der Waals surface area contributed by atoms with Crippen molar-refractivity contribution < 1.29 is 4.79 Å². The Hall–Kier alpha value is -1.55. The molecular formula is C17H25N3O. The molecule has 1 saturated heterocycles. The monoisotopic (exact) mass is 287 g/mol. The molecule has 0 bridgehead atoms. The summed E-state index contributed by atoms with van der Waals surface area (Å²) in [6, 6.07) is 8.41. The third kappa shape index (κ3) is 3.38. The van der Waals surface area contributed by atoms with Crippen molar-refractivity contribution in [2.45, 2.75) is 26.3 Å². The number of hydrogen-bond donors (Lipinski definition) is 1. The van der Waals surface area contributed by atoms with E-state index < -0.39 is 0 Å². The third-order valence-corrected chi connectivity index (χ3v) is 4.54.